The molecule has 19 heavy (non-hydrogen) atoms. The van der Waals surface area contributed by atoms with Crippen LogP contribution in [0.5, 0.6) is 5.75 Å². The van der Waals surface area contributed by atoms with Gasteiger partial charge in [-0.15, -0.1) is 0 Å². The van der Waals surface area contributed by atoms with Crippen molar-refractivity contribution in [2.75, 3.05) is 12.8 Å². The Morgan fingerprint density at radius 1 is 1.42 bits per heavy atom. The highest BCUT2D eigenvalue weighted by molar-refractivity contribution is 5.71. The summed E-state index contributed by atoms with van der Waals surface area (Å²) in [7, 11) is 3.35. The quantitative estimate of drug-likeness (QED) is 0.924. The van der Waals surface area contributed by atoms with E-state index in [4.69, 9.17) is 10.5 Å². The third-order valence-corrected chi connectivity index (χ3v) is 3.54. The Labute approximate surface area is 111 Å². The molecule has 100 valence electrons. The number of nitrogens with zero attached hydrogens (tertiary/aromatic N) is 2. The van der Waals surface area contributed by atoms with Gasteiger partial charge in [-0.1, -0.05) is 0 Å². The number of rotatable bonds is 3. The third-order valence-electron chi connectivity index (χ3n) is 3.54. The van der Waals surface area contributed by atoms with Crippen LogP contribution in [0.15, 0.2) is 18.2 Å². The minimum Gasteiger partial charge on any atom is -0.494 e. The van der Waals surface area contributed by atoms with Crippen molar-refractivity contribution < 1.29 is 9.13 Å². The Hall–Kier alpha value is -2.04. The van der Waals surface area contributed by atoms with Crippen molar-refractivity contribution in [2.24, 2.45) is 7.05 Å². The van der Waals surface area contributed by atoms with Gasteiger partial charge in [-0.25, -0.2) is 9.37 Å². The summed E-state index contributed by atoms with van der Waals surface area (Å²) < 4.78 is 20.6. The lowest BCUT2D eigenvalue weighted by atomic mass is 10.1. The number of aromatic nitrogens is 2. The molecular formula is C14H16FN3O. The molecule has 1 saturated carbocycles. The van der Waals surface area contributed by atoms with Gasteiger partial charge in [0.1, 0.15) is 17.3 Å². The van der Waals surface area contributed by atoms with Crippen molar-refractivity contribution in [1.29, 1.82) is 0 Å². The van der Waals surface area contributed by atoms with E-state index in [1.807, 2.05) is 11.6 Å². The van der Waals surface area contributed by atoms with E-state index >= 15 is 0 Å². The molecule has 0 saturated heterocycles. The molecule has 0 unspecified atom stereocenters. The van der Waals surface area contributed by atoms with Crippen LogP contribution in [0, 0.1) is 5.82 Å². The number of nitrogens with two attached hydrogens (primary N) is 1. The molecule has 4 nitrogen and oxygen atoms in total. The lowest BCUT2D eigenvalue weighted by Gasteiger charge is -2.04. The highest BCUT2D eigenvalue weighted by atomic mass is 19.1. The summed E-state index contributed by atoms with van der Waals surface area (Å²) in [4.78, 5) is 4.57. The molecule has 0 amide bonds. The monoisotopic (exact) mass is 261 g/mol. The van der Waals surface area contributed by atoms with Gasteiger partial charge in [0, 0.05) is 18.5 Å². The van der Waals surface area contributed by atoms with Crippen molar-refractivity contribution in [3.8, 4) is 17.0 Å². The van der Waals surface area contributed by atoms with Crippen LogP contribution in [0.25, 0.3) is 11.3 Å². The smallest absolute Gasteiger partial charge is 0.165 e. The van der Waals surface area contributed by atoms with Crippen molar-refractivity contribution in [3.05, 3.63) is 29.8 Å². The average molecular weight is 261 g/mol. The number of anilines is 1. The molecule has 5 heteroatoms. The summed E-state index contributed by atoms with van der Waals surface area (Å²) in [6.45, 7) is 0. The third kappa shape index (κ3) is 1.95. The molecule has 1 aliphatic carbocycles. The number of imidazole rings is 1. The summed E-state index contributed by atoms with van der Waals surface area (Å²) in [6, 6.07) is 4.78. The molecule has 0 radical (unpaired) electrons. The summed E-state index contributed by atoms with van der Waals surface area (Å²) in [5.41, 5.74) is 7.39. The summed E-state index contributed by atoms with van der Waals surface area (Å²) >= 11 is 0. The van der Waals surface area contributed by atoms with E-state index < -0.39 is 5.82 Å². The number of hydrogen-bond acceptors (Lipinski definition) is 3. The van der Waals surface area contributed by atoms with Crippen LogP contribution in [-0.2, 0) is 7.05 Å². The van der Waals surface area contributed by atoms with Crippen molar-refractivity contribution in [2.45, 2.75) is 18.8 Å². The van der Waals surface area contributed by atoms with Crippen LogP contribution in [0.1, 0.15) is 24.6 Å². The van der Waals surface area contributed by atoms with E-state index in [2.05, 4.69) is 4.98 Å². The summed E-state index contributed by atoms with van der Waals surface area (Å²) in [6.07, 6.45) is 2.31. The molecule has 1 fully saturated rings. The predicted octanol–water partition coefficient (Wildman–Crippen LogP) is 2.69. The molecule has 3 rings (SSSR count). The minimum atomic E-state index is -0.405. The van der Waals surface area contributed by atoms with Gasteiger partial charge in [-0.2, -0.15) is 0 Å². The first-order valence-electron chi connectivity index (χ1n) is 6.27. The molecule has 0 atom stereocenters. The number of ether oxygens (including phenoxy) is 1. The van der Waals surface area contributed by atoms with Crippen LogP contribution in [0.2, 0.25) is 0 Å². The Kier molecular flexibility index (Phi) is 2.69. The average Bonchev–Trinajstić information content (AvgIpc) is 3.19. The van der Waals surface area contributed by atoms with E-state index in [1.165, 1.54) is 13.2 Å². The number of methoxy groups -OCH3 is 1. The summed E-state index contributed by atoms with van der Waals surface area (Å²) in [5, 5.41) is 0. The highest BCUT2D eigenvalue weighted by Crippen LogP contribution is 2.41. The van der Waals surface area contributed by atoms with Crippen LogP contribution in [-0.4, -0.2) is 16.7 Å². The second-order valence-electron chi connectivity index (χ2n) is 4.89. The van der Waals surface area contributed by atoms with Gasteiger partial charge in [-0.05, 0) is 31.0 Å². The summed E-state index contributed by atoms with van der Waals surface area (Å²) in [5.74, 6) is 1.89. The second kappa shape index (κ2) is 4.26. The maximum absolute atomic E-state index is 13.7. The largest absolute Gasteiger partial charge is 0.494 e. The first-order valence-corrected chi connectivity index (χ1v) is 6.27. The van der Waals surface area contributed by atoms with Crippen LogP contribution in [0.4, 0.5) is 10.2 Å². The number of nitrogen functional groups attached to an aromatic ring is 1. The van der Waals surface area contributed by atoms with Gasteiger partial charge >= 0.3 is 0 Å². The highest BCUT2D eigenvalue weighted by Gasteiger charge is 2.30. The topological polar surface area (TPSA) is 53.1 Å². The molecule has 0 aliphatic heterocycles. The van der Waals surface area contributed by atoms with Crippen molar-refractivity contribution >= 4 is 5.82 Å². The molecule has 1 aromatic heterocycles. The zero-order chi connectivity index (χ0) is 13.6. The fraction of sp³-hybridized carbons (Fsp3) is 0.357. The molecule has 1 heterocycles. The van der Waals surface area contributed by atoms with E-state index in [0.717, 1.165) is 18.7 Å². The van der Waals surface area contributed by atoms with Gasteiger partial charge in [0.2, 0.25) is 0 Å². The zero-order valence-electron chi connectivity index (χ0n) is 11.0. The fourth-order valence-electron chi connectivity index (χ4n) is 2.26. The Morgan fingerprint density at radius 3 is 2.74 bits per heavy atom. The van der Waals surface area contributed by atoms with Gasteiger partial charge in [0.05, 0.1) is 7.11 Å². The van der Waals surface area contributed by atoms with E-state index in [9.17, 15) is 4.39 Å². The number of hydrogen-bond donors (Lipinski definition) is 1. The molecule has 2 N–H and O–H groups in total. The van der Waals surface area contributed by atoms with Gasteiger partial charge in [0.25, 0.3) is 0 Å². The zero-order valence-corrected chi connectivity index (χ0v) is 11.0. The number of halogens is 1. The van der Waals surface area contributed by atoms with Crippen LogP contribution in [0.3, 0.4) is 0 Å². The van der Waals surface area contributed by atoms with Crippen molar-refractivity contribution in [1.82, 2.24) is 9.55 Å². The molecule has 0 spiro atoms. The van der Waals surface area contributed by atoms with E-state index in [1.54, 1.807) is 12.1 Å². The molecule has 0 bridgehead atoms. The Bertz CT molecular complexity index is 632. The van der Waals surface area contributed by atoms with Gasteiger partial charge in [0.15, 0.2) is 11.6 Å². The molecule has 1 aromatic carbocycles. The fourth-order valence-corrected chi connectivity index (χ4v) is 2.26. The van der Waals surface area contributed by atoms with Gasteiger partial charge in [-0.3, -0.25) is 0 Å². The first-order chi connectivity index (χ1) is 9.11. The number of benzene rings is 1. The van der Waals surface area contributed by atoms with Crippen LogP contribution >= 0.6 is 0 Å². The molecule has 1 aliphatic rings. The molecule has 2 aromatic rings. The lowest BCUT2D eigenvalue weighted by Crippen LogP contribution is -2.00. The lowest BCUT2D eigenvalue weighted by molar-refractivity contribution is 0.386. The van der Waals surface area contributed by atoms with Gasteiger partial charge < -0.3 is 15.0 Å². The standard InChI is InChI=1S/C14H16FN3O/c1-18-13(16)12(17-14(18)8-3-4-8)9-5-6-11(19-2)10(15)7-9/h5-8H,3-4,16H2,1-2H3. The van der Waals surface area contributed by atoms with E-state index in [0.29, 0.717) is 23.0 Å². The van der Waals surface area contributed by atoms with Crippen LogP contribution < -0.4 is 10.5 Å². The second-order valence-corrected chi connectivity index (χ2v) is 4.89. The maximum Gasteiger partial charge on any atom is 0.165 e. The Balaban J connectivity index is 2.06. The maximum atomic E-state index is 13.7. The minimum absolute atomic E-state index is 0.223. The SMILES string of the molecule is COc1ccc(-c2nc(C3CC3)n(C)c2N)cc1F. The van der Waals surface area contributed by atoms with Crippen molar-refractivity contribution in [3.63, 3.8) is 0 Å². The van der Waals surface area contributed by atoms with E-state index in [-0.39, 0.29) is 5.75 Å². The normalized spacial score (nSPS) is 14.7. The first kappa shape index (κ1) is 12.0. The molecular weight excluding hydrogens is 245 g/mol. The predicted molar refractivity (Wildman–Crippen MR) is 71.5 cm³/mol. The Morgan fingerprint density at radius 2 is 2.16 bits per heavy atom.